The van der Waals surface area contributed by atoms with Gasteiger partial charge in [-0.25, -0.2) is 0 Å². The lowest BCUT2D eigenvalue weighted by molar-refractivity contribution is -0.0821. The van der Waals surface area contributed by atoms with Crippen LogP contribution in [0.15, 0.2) is 59.2 Å². The molecule has 1 aliphatic heterocycles. The Balaban J connectivity index is 1.06. The first-order chi connectivity index (χ1) is 24.8. The highest BCUT2D eigenvalue weighted by Gasteiger charge is 2.68. The number of fused-ring (bicyclic) bond motifs is 14. The van der Waals surface area contributed by atoms with E-state index < -0.39 is 0 Å². The Hall–Kier alpha value is -1.72. The van der Waals surface area contributed by atoms with Crippen molar-refractivity contribution in [1.29, 1.82) is 0 Å². The van der Waals surface area contributed by atoms with Gasteiger partial charge in [0.1, 0.15) is 0 Å². The molecule has 0 radical (unpaired) electrons. The van der Waals surface area contributed by atoms with Crippen molar-refractivity contribution in [2.45, 2.75) is 154 Å². The molecule has 1 spiro atoms. The van der Waals surface area contributed by atoms with Crippen LogP contribution in [0.2, 0.25) is 0 Å². The summed E-state index contributed by atoms with van der Waals surface area (Å²) in [6.45, 7) is 17.4. The predicted octanol–water partition coefficient (Wildman–Crippen LogP) is 8.72. The Morgan fingerprint density at radius 1 is 1.02 bits per heavy atom. The number of piperidine rings is 1. The van der Waals surface area contributed by atoms with Gasteiger partial charge in [-0.2, -0.15) is 0 Å². The van der Waals surface area contributed by atoms with Gasteiger partial charge in [0.05, 0.1) is 12.2 Å². The summed E-state index contributed by atoms with van der Waals surface area (Å²) in [6, 6.07) is 10.5. The van der Waals surface area contributed by atoms with Crippen LogP contribution in [-0.4, -0.2) is 46.6 Å². The van der Waals surface area contributed by atoms with Gasteiger partial charge in [0, 0.05) is 24.2 Å². The summed E-state index contributed by atoms with van der Waals surface area (Å²) in [7, 11) is 0. The molecule has 0 aromatic heterocycles. The Kier molecular flexibility index (Phi) is 7.95. The topological polar surface area (TPSA) is 64.5 Å². The smallest absolute Gasteiger partial charge is 0.0696 e. The Morgan fingerprint density at radius 3 is 2.62 bits per heavy atom. The monoisotopic (exact) mass is 705 g/mol. The highest BCUT2D eigenvalue weighted by molar-refractivity contribution is 5.46. The molecule has 16 unspecified atom stereocenters. The molecule has 4 nitrogen and oxygen atoms in total. The molecule has 4 N–H and O–H groups in total. The number of nitrogens with one attached hydrogen (secondary N) is 2. The summed E-state index contributed by atoms with van der Waals surface area (Å²) in [5, 5.41) is 29.7. The summed E-state index contributed by atoms with van der Waals surface area (Å²) in [5.41, 5.74) is 10.7. The standard InChI is InChI=1S/C48H68N2O2/c1-27(2)47-11-10-37-16-32-14-30-8-7-9-31(13-30)15-34-20-41(36-12-28(3)40(24-47)45(5,23-36)48(37,22-32)26-47)50-46(6)39(34)18-35-17-33-19-42(49-25-29(4)51)43(52)21-38(33)44(35)46/h7-9,12-13,29,32-35,37-39,41-44,49-52H,1,10-11,14-26H2,2-6H3. The van der Waals surface area contributed by atoms with E-state index in [0.717, 1.165) is 30.6 Å². The molecule has 4 heteroatoms. The zero-order valence-electron chi connectivity index (χ0n) is 33.0. The second-order valence-corrected chi connectivity index (χ2v) is 21.4. The minimum absolute atomic E-state index is 0.0807. The minimum atomic E-state index is -0.380. The van der Waals surface area contributed by atoms with E-state index in [-0.39, 0.29) is 34.6 Å². The molecule has 52 heavy (non-hydrogen) atoms. The fraction of sp³-hybridized carbons (Fsp3) is 0.750. The maximum Gasteiger partial charge on any atom is 0.0696 e. The number of rotatable bonds is 4. The predicted molar refractivity (Wildman–Crippen MR) is 211 cm³/mol. The zero-order valence-corrected chi connectivity index (χ0v) is 33.0. The molecule has 1 aromatic rings. The quantitative estimate of drug-likeness (QED) is 0.237. The molecule has 16 atom stereocenters. The van der Waals surface area contributed by atoms with Crippen molar-refractivity contribution in [3.8, 4) is 0 Å². The maximum absolute atomic E-state index is 11.5. The van der Waals surface area contributed by atoms with Crippen molar-refractivity contribution in [1.82, 2.24) is 10.6 Å². The Labute approximate surface area is 314 Å². The van der Waals surface area contributed by atoms with Gasteiger partial charge < -0.3 is 20.8 Å². The number of aliphatic hydroxyl groups is 2. The molecule has 9 bridgehead atoms. The third-order valence-corrected chi connectivity index (χ3v) is 18.8. The number of hydrogen-bond acceptors (Lipinski definition) is 4. The van der Waals surface area contributed by atoms with Crippen molar-refractivity contribution >= 4 is 0 Å². The molecular formula is C48H68N2O2. The first-order valence-electron chi connectivity index (χ1n) is 21.8. The van der Waals surface area contributed by atoms with Crippen LogP contribution in [0.4, 0.5) is 0 Å². The molecule has 10 rings (SSSR count). The van der Waals surface area contributed by atoms with Crippen molar-refractivity contribution < 1.29 is 10.2 Å². The van der Waals surface area contributed by atoms with E-state index >= 15 is 0 Å². The van der Waals surface area contributed by atoms with Crippen molar-refractivity contribution in [2.24, 2.45) is 63.6 Å². The van der Waals surface area contributed by atoms with Gasteiger partial charge in [-0.15, -0.1) is 0 Å². The van der Waals surface area contributed by atoms with E-state index in [1.54, 1.807) is 27.8 Å². The molecule has 282 valence electrons. The lowest BCUT2D eigenvalue weighted by Gasteiger charge is -2.66. The summed E-state index contributed by atoms with van der Waals surface area (Å²) >= 11 is 0. The molecule has 1 heterocycles. The first kappa shape index (κ1) is 34.7. The van der Waals surface area contributed by atoms with E-state index in [4.69, 9.17) is 6.58 Å². The van der Waals surface area contributed by atoms with Crippen LogP contribution in [0.5, 0.6) is 0 Å². The van der Waals surface area contributed by atoms with Crippen LogP contribution < -0.4 is 10.6 Å². The van der Waals surface area contributed by atoms with Crippen LogP contribution in [0, 0.1) is 63.6 Å². The average molecular weight is 705 g/mol. The second kappa shape index (κ2) is 11.9. The van der Waals surface area contributed by atoms with Gasteiger partial charge in [-0.1, -0.05) is 66.1 Å². The normalized spacial score (nSPS) is 50.5. The van der Waals surface area contributed by atoms with Crippen LogP contribution in [0.25, 0.3) is 0 Å². The van der Waals surface area contributed by atoms with Crippen LogP contribution in [0.1, 0.15) is 123 Å². The van der Waals surface area contributed by atoms with Gasteiger partial charge in [0.25, 0.3) is 0 Å². The van der Waals surface area contributed by atoms with Gasteiger partial charge in [-0.3, -0.25) is 0 Å². The average Bonchev–Trinajstić information content (AvgIpc) is 3.72. The zero-order chi connectivity index (χ0) is 35.9. The summed E-state index contributed by atoms with van der Waals surface area (Å²) in [6.07, 6.45) is 19.7. The molecule has 0 amide bonds. The molecule has 8 aliphatic carbocycles. The molecule has 7 fully saturated rings. The maximum atomic E-state index is 11.5. The number of aliphatic hydroxyl groups excluding tert-OH is 2. The minimum Gasteiger partial charge on any atom is -0.392 e. The first-order valence-corrected chi connectivity index (χ1v) is 21.8. The number of hydrogen-bond donors (Lipinski definition) is 4. The van der Waals surface area contributed by atoms with Gasteiger partial charge in [0.15, 0.2) is 0 Å². The highest BCUT2D eigenvalue weighted by atomic mass is 16.3. The van der Waals surface area contributed by atoms with Crippen LogP contribution in [-0.2, 0) is 12.8 Å². The fourth-order valence-electron chi connectivity index (χ4n) is 16.8. The van der Waals surface area contributed by atoms with E-state index in [1.807, 2.05) is 6.92 Å². The van der Waals surface area contributed by atoms with E-state index in [2.05, 4.69) is 68.7 Å². The van der Waals surface area contributed by atoms with Crippen molar-refractivity contribution in [3.05, 3.63) is 70.3 Å². The van der Waals surface area contributed by atoms with Gasteiger partial charge in [0.2, 0.25) is 0 Å². The summed E-state index contributed by atoms with van der Waals surface area (Å²) in [4.78, 5) is 0. The highest BCUT2D eigenvalue weighted by Crippen LogP contribution is 2.76. The molecule has 6 saturated carbocycles. The molecule has 1 saturated heterocycles. The molecule has 1 aromatic carbocycles. The molecular weight excluding hydrogens is 637 g/mol. The fourth-order valence-corrected chi connectivity index (χ4v) is 16.8. The van der Waals surface area contributed by atoms with E-state index in [9.17, 15) is 10.2 Å². The van der Waals surface area contributed by atoms with Crippen LogP contribution >= 0.6 is 0 Å². The van der Waals surface area contributed by atoms with Gasteiger partial charge >= 0.3 is 0 Å². The Bertz CT molecular complexity index is 1710. The lowest BCUT2D eigenvalue weighted by atomic mass is 9.38. The Morgan fingerprint density at radius 2 is 1.83 bits per heavy atom. The lowest BCUT2D eigenvalue weighted by Crippen LogP contribution is -2.64. The van der Waals surface area contributed by atoms with Crippen molar-refractivity contribution in [2.75, 3.05) is 6.54 Å². The third-order valence-electron chi connectivity index (χ3n) is 18.8. The largest absolute Gasteiger partial charge is 0.392 e. The number of allylic oxidation sites excluding steroid dienone is 4. The van der Waals surface area contributed by atoms with Crippen LogP contribution in [0.3, 0.4) is 0 Å². The molecule has 9 aliphatic rings. The SMILES string of the molecule is C=C(C)C12CCC3CC4Cc5cccc(c5)CC5CC(NC6(C)C5CC5CC7CC(NCC(C)O)C(O)CC7C56)C5=CC(C)=C(C1)C(C)(C5)C3(C4)C2. The second-order valence-electron chi connectivity index (χ2n) is 21.4. The van der Waals surface area contributed by atoms with Crippen molar-refractivity contribution in [3.63, 3.8) is 0 Å². The van der Waals surface area contributed by atoms with Gasteiger partial charge in [-0.05, 0) is 192 Å². The summed E-state index contributed by atoms with van der Waals surface area (Å²) in [5.74, 6) is 5.58. The van der Waals surface area contributed by atoms with E-state index in [1.165, 1.54) is 82.6 Å². The summed E-state index contributed by atoms with van der Waals surface area (Å²) < 4.78 is 0. The third kappa shape index (κ3) is 4.91. The van der Waals surface area contributed by atoms with E-state index in [0.29, 0.717) is 47.6 Å². The number of benzene rings is 1.